The lowest BCUT2D eigenvalue weighted by atomic mass is 10.1. The van der Waals surface area contributed by atoms with Crippen LogP contribution in [0, 0.1) is 27.7 Å². The first kappa shape index (κ1) is 113. The summed E-state index contributed by atoms with van der Waals surface area (Å²) >= 11 is 17.1. The van der Waals surface area contributed by atoms with Gasteiger partial charge < -0.3 is 151 Å². The standard InChI is InChI=1S/C76H109N22O41P5S3/c1-33-22-94(74(104)86-58(33)77)67-53(119-16-11-114-6)48(99)39(130-67)25-126-143(112,146)139-52-43(134-70(57(52)123-20-15-118-10)96-30-81-45-60(96)84-37(5)85-64(45)101)29-128-144(113,147)138-51-41(132-71(56(51)122-19-14-117-9)98-32-83-47-62(98)89-73(80)91-66(47)103)27-125-141(109,110)136-49-40(131-68(54(49)120-17-12-115-7)95-23-34(2)59(78)87-75(95)105)26-124-140(107,108)137-50-42(133-69(55(50)121-18-13-116-8)97-31-82-46-61(97)88-72(79)90-65(46)102)28-127-142(111,145)135-38-21-44(129-36(38)4)93-24-35(3)63(100)92-76(93)106/h22-24,30-32,36,38-44,48-57,67-71,99H,11-21,25-29H2,1-10H3,(H,107,108)(H,109,110)(H,111,145)(H,112,146)(H,113,147)(H2,77,86,104)(H2,78,87,105)(H,84,85,101)(H,92,100,106)(H3,79,88,90,102)(H3,80,89,91,103)/t36-,38?,39-,40-,41-,42-,43-,44-,48?,49?,50?,51?,52?,53+,54+,55+,56+,57+,67-,68-,69-,70-,71-,142?,143?,144?/m1/s1. The summed E-state index contributed by atoms with van der Waals surface area (Å²) in [7, 11) is -5.12. The molecule has 0 saturated carbocycles. The van der Waals surface area contributed by atoms with Gasteiger partial charge in [-0.1, -0.05) is 0 Å². The Balaban J connectivity index is 0.731. The number of nitrogens with zero attached hydrogens (tertiary/aromatic N) is 14. The van der Waals surface area contributed by atoms with Crippen molar-refractivity contribution in [3.8, 4) is 0 Å². The number of hydrogen-bond donors (Lipinski definition) is 14. The molecule has 15 rings (SSSR count). The zero-order chi connectivity index (χ0) is 106. The van der Waals surface area contributed by atoms with Crippen LogP contribution in [0.3, 0.4) is 0 Å². The Labute approximate surface area is 843 Å². The van der Waals surface area contributed by atoms with E-state index in [-0.39, 0.29) is 128 Å². The maximum absolute atomic E-state index is 15.5. The van der Waals surface area contributed by atoms with Crippen molar-refractivity contribution in [1.29, 1.82) is 0 Å². The van der Waals surface area contributed by atoms with E-state index in [1.807, 2.05) is 0 Å². The van der Waals surface area contributed by atoms with Crippen LogP contribution < -0.4 is 62.2 Å². The molecule has 9 aromatic heterocycles. The van der Waals surface area contributed by atoms with Crippen LogP contribution in [-0.2, 0) is 166 Å². The highest BCUT2D eigenvalue weighted by Crippen LogP contribution is 2.58. The zero-order valence-electron chi connectivity index (χ0n) is 79.6. The third-order valence-corrected chi connectivity index (χ3v) is 30.4. The molecular weight excluding hydrogens is 2130 g/mol. The number of phosphoric acid groups is 2. The summed E-state index contributed by atoms with van der Waals surface area (Å²) in [6.07, 6.45) is -30.3. The highest BCUT2D eigenvalue weighted by Gasteiger charge is 2.59. The number of nitrogens with two attached hydrogens (primary N) is 4. The van der Waals surface area contributed by atoms with Crippen molar-refractivity contribution in [2.24, 2.45) is 0 Å². The number of ether oxygens (including phenoxy) is 16. The maximum Gasteiger partial charge on any atom is 0.472 e. The van der Waals surface area contributed by atoms with Gasteiger partial charge in [-0.15, -0.1) is 0 Å². The second-order valence-electron chi connectivity index (χ2n) is 33.7. The van der Waals surface area contributed by atoms with E-state index in [1.54, 1.807) is 13.8 Å². The molecule has 6 saturated heterocycles. The van der Waals surface area contributed by atoms with E-state index in [2.05, 4.69) is 59.8 Å². The summed E-state index contributed by atoms with van der Waals surface area (Å²) < 4.78 is 195. The summed E-state index contributed by atoms with van der Waals surface area (Å²) in [5.41, 5.74) is 17.8. The number of methoxy groups -OCH3 is 5. The van der Waals surface area contributed by atoms with E-state index in [0.29, 0.717) is 5.56 Å². The second-order valence-corrected chi connectivity index (χ2v) is 44.9. The molecule has 6 aliphatic heterocycles. The molecule has 147 heavy (non-hydrogen) atoms. The van der Waals surface area contributed by atoms with Gasteiger partial charge in [0, 0.05) is 77.3 Å². The molecule has 18 N–H and O–H groups in total. The van der Waals surface area contributed by atoms with Gasteiger partial charge in [0.05, 0.1) is 130 Å². The van der Waals surface area contributed by atoms with Gasteiger partial charge in [-0.25, -0.2) is 43.4 Å². The van der Waals surface area contributed by atoms with Crippen molar-refractivity contribution in [3.05, 3.63) is 133 Å². The molecule has 0 aliphatic carbocycles. The van der Waals surface area contributed by atoms with Gasteiger partial charge in [-0.2, -0.15) is 19.9 Å². The Kier molecular flexibility index (Phi) is 36.9. The topological polar surface area (TPSA) is 815 Å². The molecule has 0 spiro atoms. The van der Waals surface area contributed by atoms with Crippen molar-refractivity contribution >= 4 is 128 Å². The SMILES string of the molecule is COCCO[C@H]1C(O)[C@@H](COP(O)(=S)OC2[C@@H](COP(O)(=S)OC3[C@@H](COP(=O)(O)OC4[C@@H](COP(=O)(O)OC5[C@@H](COP(O)(=S)OC6C[C@H](n7cc(C)c(=O)[nH]c7=O)O[C@@H]6C)O[C@@H](n6cnc7c(=O)[nH]c(N)nc76)[C@H]5OCCOC)O[C@@H](n5cc(C)c(N)nc5=O)[C@H]4OCCOC)O[C@@H](n4cnc5c(=O)[nH]c(N)nc54)[C@H]3OCCOC)O[C@@H](n3cnc4c(=O)[nH]c(C)nc43)[C@H]2OCCOC)O[C@H]1n1cc(C)c(N)nc1=O. The second kappa shape index (κ2) is 48.0. The number of hydrogen-bond acceptors (Lipinski definition) is 51. The Hall–Kier alpha value is -8.18. The molecule has 0 aromatic carbocycles. The van der Waals surface area contributed by atoms with Crippen LogP contribution in [0.5, 0.6) is 0 Å². The minimum atomic E-state index is -5.97. The van der Waals surface area contributed by atoms with Gasteiger partial charge in [-0.05, 0) is 70.0 Å². The van der Waals surface area contributed by atoms with Crippen molar-refractivity contribution in [1.82, 2.24) is 87.2 Å². The third kappa shape index (κ3) is 26.3. The normalized spacial score (nSPS) is 29.0. The first-order valence-electron chi connectivity index (χ1n) is 44.6. The summed E-state index contributed by atoms with van der Waals surface area (Å²) in [6.45, 7) is -14.2. The number of nitrogen functional groups attached to an aromatic ring is 4. The van der Waals surface area contributed by atoms with Gasteiger partial charge in [0.15, 0.2) is 64.6 Å². The van der Waals surface area contributed by atoms with Crippen molar-refractivity contribution in [3.63, 3.8) is 0 Å². The van der Waals surface area contributed by atoms with E-state index in [4.69, 9.17) is 179 Å². The summed E-state index contributed by atoms with van der Waals surface area (Å²) in [5.74, 6) is -1.04. The lowest BCUT2D eigenvalue weighted by Crippen LogP contribution is -2.41. The molecule has 9 aromatic rings. The Morgan fingerprint density at radius 3 is 1.11 bits per heavy atom. The van der Waals surface area contributed by atoms with Crippen LogP contribution in [0.15, 0.2) is 71.1 Å². The zero-order valence-corrected chi connectivity index (χ0v) is 86.5. The number of phosphoric ester groups is 2. The van der Waals surface area contributed by atoms with Crippen LogP contribution in [0.4, 0.5) is 23.5 Å². The molecule has 11 unspecified atom stereocenters. The van der Waals surface area contributed by atoms with Gasteiger partial charge in [0.2, 0.25) is 11.9 Å². The number of aromatic nitrogens is 18. The number of H-pyrrole nitrogens is 4. The quantitative estimate of drug-likeness (QED) is 0.0135. The molecule has 71 heteroatoms. The van der Waals surface area contributed by atoms with Crippen molar-refractivity contribution in [2.45, 2.75) is 182 Å². The molecular formula is C76H109N22O41P5S3. The van der Waals surface area contributed by atoms with E-state index in [0.717, 1.165) is 30.9 Å². The fourth-order valence-corrected chi connectivity index (χ4v) is 23.1. The van der Waals surface area contributed by atoms with Gasteiger partial charge in [0.25, 0.3) is 22.2 Å². The molecule has 0 radical (unpaired) electrons. The van der Waals surface area contributed by atoms with Crippen LogP contribution in [0.25, 0.3) is 33.5 Å². The highest BCUT2D eigenvalue weighted by atomic mass is 32.5. The summed E-state index contributed by atoms with van der Waals surface area (Å²) in [6, 6.07) is 0. The molecule has 0 bridgehead atoms. The van der Waals surface area contributed by atoms with Crippen LogP contribution >= 0.6 is 35.8 Å². The Bertz CT molecular complexity index is 6880. The predicted molar refractivity (Wildman–Crippen MR) is 510 cm³/mol. The highest BCUT2D eigenvalue weighted by molar-refractivity contribution is 8.07. The van der Waals surface area contributed by atoms with Crippen LogP contribution in [-0.4, -0.2) is 355 Å². The van der Waals surface area contributed by atoms with E-state index in [1.165, 1.54) is 90.4 Å². The van der Waals surface area contributed by atoms with Gasteiger partial charge in [0.1, 0.15) is 115 Å². The monoisotopic (exact) mass is 2240 g/mol. The van der Waals surface area contributed by atoms with Crippen LogP contribution in [0.2, 0.25) is 0 Å². The maximum atomic E-state index is 15.5. The van der Waals surface area contributed by atoms with E-state index >= 15 is 9.13 Å². The third-order valence-electron chi connectivity index (χ3n) is 23.7. The first-order valence-corrected chi connectivity index (χ1v) is 55.4. The van der Waals surface area contributed by atoms with E-state index < -0.39 is 268 Å². The number of aromatic amines is 4. The number of rotatable bonds is 51. The molecule has 63 nitrogen and oxygen atoms in total. The number of fused-ring (bicyclic) bond motifs is 3. The summed E-state index contributed by atoms with van der Waals surface area (Å²) in [4.78, 5) is 198. The smallest absolute Gasteiger partial charge is 0.387 e. The molecule has 812 valence electrons. The van der Waals surface area contributed by atoms with Crippen molar-refractivity contribution in [2.75, 3.05) is 158 Å². The number of aliphatic hydroxyl groups is 1. The number of imidazole rings is 3. The average molecular weight is 2240 g/mol. The average Bonchev–Trinajstić information content (AvgIpc) is 1.68. The largest absolute Gasteiger partial charge is 0.472 e. The summed E-state index contributed by atoms with van der Waals surface area (Å²) in [5, 5.41) is 11.9. The molecule has 15 heterocycles. The van der Waals surface area contributed by atoms with E-state index in [9.17, 15) is 63.1 Å². The minimum absolute atomic E-state index is 0.0346. The Morgan fingerprint density at radius 2 is 0.714 bits per heavy atom. The van der Waals surface area contributed by atoms with Crippen LogP contribution in [0.1, 0.15) is 73.2 Å². The molecule has 6 aliphatic rings. The van der Waals surface area contributed by atoms with Gasteiger partial charge >= 0.3 is 52.9 Å². The number of anilines is 4. The van der Waals surface area contributed by atoms with Crippen molar-refractivity contribution < 1.29 is 160 Å². The predicted octanol–water partition coefficient (Wildman–Crippen LogP) is -2.81. The van der Waals surface area contributed by atoms with Gasteiger partial charge in [-0.3, -0.25) is 88.7 Å². The number of aryl methyl sites for hydroxylation is 4. The number of nitrogens with one attached hydrogen (secondary N) is 4. The molecule has 28 atom stereocenters. The lowest BCUT2D eigenvalue weighted by Gasteiger charge is -2.30. The fraction of sp³-hybridized carbons (Fsp3) is 0.645. The first-order chi connectivity index (χ1) is 69.8. The molecule has 6 fully saturated rings. The molecule has 0 amide bonds. The fourth-order valence-electron chi connectivity index (χ4n) is 16.7. The minimum Gasteiger partial charge on any atom is -0.387 e. The lowest BCUT2D eigenvalue weighted by molar-refractivity contribution is -0.0843. The number of aliphatic hydroxyl groups excluding tert-OH is 1. The Morgan fingerprint density at radius 1 is 0.388 bits per heavy atom.